The van der Waals surface area contributed by atoms with Crippen LogP contribution < -0.4 is 37.7 Å². The summed E-state index contributed by atoms with van der Waals surface area (Å²) < 4.78 is 11.8. The Kier molecular flexibility index (Phi) is 8.95. The molecule has 0 aliphatic rings. The summed E-state index contributed by atoms with van der Waals surface area (Å²) in [6.07, 6.45) is 0. The first-order chi connectivity index (χ1) is 6.46. The average molecular weight is 223 g/mol. The normalized spacial score (nSPS) is 12.0. The molecule has 5 heteroatoms. The largest absolute Gasteiger partial charge is 1.00 e. The van der Waals surface area contributed by atoms with Crippen molar-refractivity contribution >= 4 is 16.5 Å². The van der Waals surface area contributed by atoms with Crippen LogP contribution in [0.2, 0.25) is 0 Å². The van der Waals surface area contributed by atoms with Crippen LogP contribution in [-0.2, 0) is 10.8 Å². The Morgan fingerprint density at radius 3 is 2.31 bits per heavy atom. The van der Waals surface area contributed by atoms with Crippen LogP contribution in [0.5, 0.6) is 0 Å². The quantitative estimate of drug-likeness (QED) is 0.389. The van der Waals surface area contributed by atoms with Crippen LogP contribution in [0, 0.1) is 6.07 Å². The van der Waals surface area contributed by atoms with Crippen molar-refractivity contribution in [2.24, 2.45) is 0 Å². The number of nitrogens with zero attached hydrogens (tertiary/aromatic N) is 1. The fourth-order valence-corrected chi connectivity index (χ4v) is 2.25. The van der Waals surface area contributed by atoms with E-state index in [0.29, 0.717) is 5.69 Å². The average Bonchev–Trinajstić information content (AvgIpc) is 2.15. The summed E-state index contributed by atoms with van der Waals surface area (Å²) >= 11 is 0. The molecule has 1 unspecified atom stereocenters. The van der Waals surface area contributed by atoms with Gasteiger partial charge in [-0.25, -0.2) is 5.69 Å². The maximum atomic E-state index is 12.1. The van der Waals surface area contributed by atoms with E-state index in [-0.39, 0.29) is 42.5 Å². The van der Waals surface area contributed by atoms with Crippen LogP contribution in [-0.4, -0.2) is 16.0 Å². The molecule has 78 valence electrons. The van der Waals surface area contributed by atoms with Crippen molar-refractivity contribution in [2.75, 3.05) is 7.05 Å². The van der Waals surface area contributed by atoms with Crippen molar-refractivity contribution in [1.82, 2.24) is 0 Å². The first-order valence-electron chi connectivity index (χ1n) is 4.49. The smallest absolute Gasteiger partial charge is 0.707 e. The van der Waals surface area contributed by atoms with E-state index in [0.717, 1.165) is 4.90 Å². The Morgan fingerprint density at radius 1 is 1.31 bits per heavy atom. The fourth-order valence-electron chi connectivity index (χ4n) is 1.07. The second-order valence-electron chi connectivity index (χ2n) is 3.99. The monoisotopic (exact) mass is 223 g/mol. The molecular weight excluding hydrogens is 208 g/mol. The Balaban J connectivity index is 0. The van der Waals surface area contributed by atoms with Gasteiger partial charge < -0.3 is 5.32 Å². The number of hydrogen-bond acceptors (Lipinski definition) is 1. The molecule has 16 heavy (non-hydrogen) atoms. The van der Waals surface area contributed by atoms with Crippen LogP contribution in [0.3, 0.4) is 0 Å². The van der Waals surface area contributed by atoms with Gasteiger partial charge >= 0.3 is 37.7 Å². The molecule has 2 nitrogen and oxygen atoms in total. The van der Waals surface area contributed by atoms with E-state index >= 15 is 0 Å². The van der Waals surface area contributed by atoms with Gasteiger partial charge in [0, 0.05) is 15.5 Å². The molecule has 0 saturated carbocycles. The summed E-state index contributed by atoms with van der Waals surface area (Å²) in [5.74, 6) is 0. The van der Waals surface area contributed by atoms with Crippen molar-refractivity contribution in [3.05, 3.63) is 29.6 Å². The van der Waals surface area contributed by atoms with Gasteiger partial charge in [0.05, 0.1) is 0 Å². The van der Waals surface area contributed by atoms with E-state index in [9.17, 15) is 4.21 Å². The summed E-state index contributed by atoms with van der Waals surface area (Å²) in [7, 11) is 0.653. The van der Waals surface area contributed by atoms with Crippen LogP contribution in [0.1, 0.15) is 20.8 Å². The molecular formula is C11H15Li2NOS. The second kappa shape index (κ2) is 7.64. The molecule has 1 rings (SSSR count). The van der Waals surface area contributed by atoms with Gasteiger partial charge in [-0.15, -0.1) is 7.05 Å². The van der Waals surface area contributed by atoms with Gasteiger partial charge in [0.15, 0.2) is 0 Å². The van der Waals surface area contributed by atoms with Crippen LogP contribution in [0.15, 0.2) is 23.1 Å². The minimum atomic E-state index is -1.04. The summed E-state index contributed by atoms with van der Waals surface area (Å²) in [6, 6.07) is 8.45. The molecule has 0 aromatic heterocycles. The van der Waals surface area contributed by atoms with Gasteiger partial charge in [0.1, 0.15) is 0 Å². The Hall–Kier alpha value is 0.365. The number of para-hydroxylation sites is 1. The van der Waals surface area contributed by atoms with E-state index in [1.807, 2.05) is 32.9 Å². The van der Waals surface area contributed by atoms with Crippen molar-refractivity contribution in [3.63, 3.8) is 0 Å². The molecule has 0 fully saturated rings. The predicted octanol–water partition coefficient (Wildman–Crippen LogP) is -2.96. The zero-order chi connectivity index (χ0) is 10.8. The summed E-state index contributed by atoms with van der Waals surface area (Å²) in [6.45, 7) is 5.86. The van der Waals surface area contributed by atoms with Gasteiger partial charge in [0.2, 0.25) is 0 Å². The van der Waals surface area contributed by atoms with Gasteiger partial charge in [-0.3, -0.25) is 4.21 Å². The molecule has 0 amide bonds. The third-order valence-electron chi connectivity index (χ3n) is 1.78. The topological polar surface area (TPSA) is 31.2 Å². The van der Waals surface area contributed by atoms with Gasteiger partial charge in [0.25, 0.3) is 0 Å². The molecule has 0 radical (unpaired) electrons. The number of hydrogen-bond donors (Lipinski definition) is 0. The van der Waals surface area contributed by atoms with Crippen molar-refractivity contribution in [2.45, 2.75) is 30.4 Å². The molecule has 1 aromatic carbocycles. The Labute approximate surface area is 125 Å². The van der Waals surface area contributed by atoms with Gasteiger partial charge in [-0.2, -0.15) is 24.3 Å². The minimum absolute atomic E-state index is 0. The Bertz CT molecular complexity index is 350. The summed E-state index contributed by atoms with van der Waals surface area (Å²) in [5, 5.41) is 4.06. The first-order valence-corrected chi connectivity index (χ1v) is 5.64. The van der Waals surface area contributed by atoms with Crippen molar-refractivity contribution < 1.29 is 41.9 Å². The van der Waals surface area contributed by atoms with Crippen molar-refractivity contribution in [1.29, 1.82) is 0 Å². The standard InChI is InChI=1S/C11H15NOS.2Li/c1-11(2,3)14(13)10-8-6-5-7-9(10)12-4;;/h5-6,8H,1-4H3;;/q-2;2*+1. The molecule has 0 spiro atoms. The van der Waals surface area contributed by atoms with Gasteiger partial charge in [-0.1, -0.05) is 4.90 Å². The molecule has 0 aliphatic heterocycles. The van der Waals surface area contributed by atoms with Crippen LogP contribution in [0.4, 0.5) is 5.69 Å². The van der Waals surface area contributed by atoms with E-state index in [1.165, 1.54) is 0 Å². The van der Waals surface area contributed by atoms with E-state index in [4.69, 9.17) is 0 Å². The number of rotatable bonds is 2. The SMILES string of the molecule is C[N-]c1[c-]cccc1S(=O)C(C)(C)C.[Li+].[Li+]. The van der Waals surface area contributed by atoms with Crippen LogP contribution in [0.25, 0.3) is 5.32 Å². The molecule has 0 bridgehead atoms. The summed E-state index contributed by atoms with van der Waals surface area (Å²) in [4.78, 5) is 0.766. The number of benzene rings is 1. The molecule has 1 atom stereocenters. The molecule has 0 heterocycles. The molecule has 0 N–H and O–H groups in total. The maximum Gasteiger partial charge on any atom is 1.00 e. The zero-order valence-electron chi connectivity index (χ0n) is 11.0. The predicted molar refractivity (Wildman–Crippen MR) is 60.4 cm³/mol. The second-order valence-corrected chi connectivity index (χ2v) is 6.19. The first kappa shape index (κ1) is 18.7. The van der Waals surface area contributed by atoms with Crippen LogP contribution >= 0.6 is 0 Å². The third kappa shape index (κ3) is 4.70. The van der Waals surface area contributed by atoms with E-state index < -0.39 is 10.8 Å². The maximum absolute atomic E-state index is 12.1. The minimum Gasteiger partial charge on any atom is -0.707 e. The van der Waals surface area contributed by atoms with Crippen molar-refractivity contribution in [3.8, 4) is 0 Å². The van der Waals surface area contributed by atoms with E-state index in [1.54, 1.807) is 13.1 Å². The van der Waals surface area contributed by atoms with Gasteiger partial charge in [-0.05, 0) is 20.8 Å². The zero-order valence-corrected chi connectivity index (χ0v) is 11.8. The fraction of sp³-hybridized carbons (Fsp3) is 0.455. The molecule has 0 aliphatic carbocycles. The summed E-state index contributed by atoms with van der Waals surface area (Å²) in [5.41, 5.74) is 0.695. The molecule has 1 aromatic rings. The van der Waals surface area contributed by atoms with E-state index in [2.05, 4.69) is 11.4 Å². The Morgan fingerprint density at radius 2 is 1.88 bits per heavy atom. The molecule has 0 saturated heterocycles. The third-order valence-corrected chi connectivity index (χ3v) is 3.62.